The van der Waals surface area contributed by atoms with Gasteiger partial charge in [-0.05, 0) is 50.5 Å². The van der Waals surface area contributed by atoms with Crippen LogP contribution in [-0.2, 0) is 26.0 Å². The van der Waals surface area contributed by atoms with Crippen molar-refractivity contribution >= 4 is 26.7 Å². The van der Waals surface area contributed by atoms with Gasteiger partial charge in [-0.2, -0.15) is 0 Å². The van der Waals surface area contributed by atoms with Crippen LogP contribution in [0.5, 0.6) is 5.75 Å². The van der Waals surface area contributed by atoms with Gasteiger partial charge in [0.15, 0.2) is 0 Å². The van der Waals surface area contributed by atoms with Crippen LogP contribution in [0.1, 0.15) is 38.3 Å². The third-order valence-electron chi connectivity index (χ3n) is 5.44. The molecule has 1 heterocycles. The van der Waals surface area contributed by atoms with Crippen molar-refractivity contribution < 1.29 is 22.7 Å². The van der Waals surface area contributed by atoms with E-state index in [1.54, 1.807) is 70.1 Å². The first-order valence-corrected chi connectivity index (χ1v) is 12.9. The molecule has 188 valence electrons. The minimum Gasteiger partial charge on any atom is -0.494 e. The van der Waals surface area contributed by atoms with Gasteiger partial charge in [-0.25, -0.2) is 12.7 Å². The van der Waals surface area contributed by atoms with Gasteiger partial charge in [0.05, 0.1) is 18.6 Å². The summed E-state index contributed by atoms with van der Waals surface area (Å²) >= 11 is 0. The Morgan fingerprint density at radius 2 is 1.66 bits per heavy atom. The van der Waals surface area contributed by atoms with Crippen LogP contribution < -0.4 is 10.1 Å². The number of nitrogens with zero attached hydrogens (tertiary/aromatic N) is 2. The van der Waals surface area contributed by atoms with Gasteiger partial charge in [0.25, 0.3) is 15.9 Å². The Morgan fingerprint density at radius 3 is 2.23 bits per heavy atom. The number of benzene rings is 2. The summed E-state index contributed by atoms with van der Waals surface area (Å²) in [5.74, 6) is 0.149. The topological polar surface area (TPSA) is 96.0 Å². The quantitative estimate of drug-likeness (QED) is 0.533. The Bertz CT molecular complexity index is 1200. The minimum absolute atomic E-state index is 0.00167. The number of likely N-dealkylation sites (N-methyl/N-ethyl adjacent to an activating group) is 1. The number of hydrogen-bond acceptors (Lipinski definition) is 6. The molecule has 0 bridgehead atoms. The molecule has 0 saturated heterocycles. The lowest BCUT2D eigenvalue weighted by molar-refractivity contribution is -0.128. The van der Waals surface area contributed by atoms with Gasteiger partial charge in [-0.3, -0.25) is 9.59 Å². The third-order valence-corrected chi connectivity index (χ3v) is 7.59. The highest BCUT2D eigenvalue weighted by Gasteiger charge is 2.49. The molecular formula is C26H33N3O5S. The smallest absolute Gasteiger partial charge is 0.285 e. The van der Waals surface area contributed by atoms with Crippen molar-refractivity contribution in [2.24, 2.45) is 0 Å². The fourth-order valence-electron chi connectivity index (χ4n) is 3.74. The van der Waals surface area contributed by atoms with E-state index in [9.17, 15) is 18.0 Å². The van der Waals surface area contributed by atoms with Crippen molar-refractivity contribution in [2.45, 2.75) is 39.2 Å². The molecule has 9 heteroatoms. The molecule has 0 spiro atoms. The van der Waals surface area contributed by atoms with Crippen molar-refractivity contribution in [2.75, 3.05) is 27.2 Å². The van der Waals surface area contributed by atoms with Crippen molar-refractivity contribution in [3.8, 4) is 5.75 Å². The van der Waals surface area contributed by atoms with Crippen molar-refractivity contribution in [1.29, 1.82) is 0 Å². The standard InChI is InChI=1S/C26H33N3O5S/c1-26(2,3)29-25(31)23(24(35(29,32)33)20-10-7-6-8-11-20)27-16-9-17-34-21-14-12-19(13-15-21)18-22(30)28(4)5/h6-8,10-15,27H,9,16-18H2,1-5H3. The average Bonchev–Trinajstić information content (AvgIpc) is 2.99. The summed E-state index contributed by atoms with van der Waals surface area (Å²) in [6, 6.07) is 16.0. The maximum Gasteiger partial charge on any atom is 0.285 e. The predicted octanol–water partition coefficient (Wildman–Crippen LogP) is 3.02. The van der Waals surface area contributed by atoms with E-state index in [4.69, 9.17) is 4.74 Å². The second-order valence-corrected chi connectivity index (χ2v) is 11.3. The summed E-state index contributed by atoms with van der Waals surface area (Å²) < 4.78 is 33.4. The van der Waals surface area contributed by atoms with Crippen LogP contribution in [-0.4, -0.2) is 62.2 Å². The molecule has 0 saturated carbocycles. The number of ether oxygens (including phenoxy) is 1. The van der Waals surface area contributed by atoms with Gasteiger partial charge in [-0.1, -0.05) is 42.5 Å². The zero-order valence-electron chi connectivity index (χ0n) is 20.9. The highest BCUT2D eigenvalue weighted by molar-refractivity contribution is 7.99. The van der Waals surface area contributed by atoms with Crippen LogP contribution in [0.4, 0.5) is 0 Å². The fraction of sp³-hybridized carbons (Fsp3) is 0.385. The van der Waals surface area contributed by atoms with E-state index in [0.29, 0.717) is 37.3 Å². The van der Waals surface area contributed by atoms with Crippen molar-refractivity contribution in [3.63, 3.8) is 0 Å². The van der Waals surface area contributed by atoms with Crippen LogP contribution in [0, 0.1) is 0 Å². The first kappa shape index (κ1) is 26.3. The van der Waals surface area contributed by atoms with Crippen LogP contribution >= 0.6 is 0 Å². The maximum atomic E-state index is 13.3. The van der Waals surface area contributed by atoms with Crippen LogP contribution in [0.25, 0.3) is 4.91 Å². The maximum absolute atomic E-state index is 13.3. The second kappa shape index (κ2) is 10.5. The van der Waals surface area contributed by atoms with E-state index in [1.165, 1.54) is 0 Å². The minimum atomic E-state index is -4.00. The number of hydrogen-bond donors (Lipinski definition) is 1. The molecule has 1 aliphatic rings. The van der Waals surface area contributed by atoms with Crippen LogP contribution in [0.3, 0.4) is 0 Å². The SMILES string of the molecule is CN(C)C(=O)Cc1ccc(OCCCNC2=C(c3ccccc3)S(=O)(=O)N(C(C)(C)C)C2=O)cc1. The zero-order chi connectivity index (χ0) is 25.8. The molecule has 0 aliphatic carbocycles. The highest BCUT2D eigenvalue weighted by Crippen LogP contribution is 2.38. The van der Waals surface area contributed by atoms with Gasteiger partial charge in [0.2, 0.25) is 5.91 Å². The Kier molecular flexibility index (Phi) is 7.90. The fourth-order valence-corrected chi connectivity index (χ4v) is 5.81. The monoisotopic (exact) mass is 499 g/mol. The molecule has 2 amide bonds. The van der Waals surface area contributed by atoms with Crippen molar-refractivity contribution in [3.05, 3.63) is 71.4 Å². The predicted molar refractivity (Wildman–Crippen MR) is 136 cm³/mol. The summed E-state index contributed by atoms with van der Waals surface area (Å²) in [5, 5.41) is 3.05. The zero-order valence-corrected chi connectivity index (χ0v) is 21.7. The molecule has 0 aromatic heterocycles. The molecule has 0 fully saturated rings. The van der Waals surface area contributed by atoms with E-state index >= 15 is 0 Å². The van der Waals surface area contributed by atoms with Gasteiger partial charge < -0.3 is 15.0 Å². The van der Waals surface area contributed by atoms with Gasteiger partial charge in [0, 0.05) is 20.6 Å². The lowest BCUT2D eigenvalue weighted by Gasteiger charge is -2.30. The number of nitrogens with one attached hydrogen (secondary N) is 1. The number of sulfonamides is 1. The molecule has 3 rings (SSSR count). The Balaban J connectivity index is 1.64. The van der Waals surface area contributed by atoms with Crippen LogP contribution in [0.15, 0.2) is 60.3 Å². The molecule has 0 radical (unpaired) electrons. The Morgan fingerprint density at radius 1 is 1.03 bits per heavy atom. The van der Waals surface area contributed by atoms with Gasteiger partial charge in [-0.15, -0.1) is 0 Å². The lowest BCUT2D eigenvalue weighted by atomic mass is 10.1. The lowest BCUT2D eigenvalue weighted by Crippen LogP contribution is -2.46. The van der Waals surface area contributed by atoms with E-state index in [-0.39, 0.29) is 16.5 Å². The first-order valence-electron chi connectivity index (χ1n) is 11.5. The summed E-state index contributed by atoms with van der Waals surface area (Å²) in [6.45, 7) is 5.83. The number of amides is 2. The highest BCUT2D eigenvalue weighted by atomic mass is 32.2. The number of rotatable bonds is 9. The van der Waals surface area contributed by atoms with Crippen LogP contribution in [0.2, 0.25) is 0 Å². The van der Waals surface area contributed by atoms with E-state index in [0.717, 1.165) is 9.87 Å². The van der Waals surface area contributed by atoms with Crippen molar-refractivity contribution in [1.82, 2.24) is 14.5 Å². The Hall–Kier alpha value is -3.33. The molecule has 1 aliphatic heterocycles. The number of carbonyl (C=O) groups is 2. The Labute approximate surface area is 207 Å². The third kappa shape index (κ3) is 6.03. The van der Waals surface area contributed by atoms with Gasteiger partial charge in [0.1, 0.15) is 16.4 Å². The van der Waals surface area contributed by atoms with E-state index < -0.39 is 21.5 Å². The molecule has 0 unspecified atom stereocenters. The second-order valence-electron chi connectivity index (χ2n) is 9.55. The largest absolute Gasteiger partial charge is 0.494 e. The summed E-state index contributed by atoms with van der Waals surface area (Å²) in [5.41, 5.74) is 0.564. The molecule has 8 nitrogen and oxygen atoms in total. The first-order chi connectivity index (χ1) is 16.4. The normalized spacial score (nSPS) is 15.3. The summed E-state index contributed by atoms with van der Waals surface area (Å²) in [6.07, 6.45) is 0.883. The summed E-state index contributed by atoms with van der Waals surface area (Å²) in [7, 11) is -0.550. The number of carbonyl (C=O) groups excluding carboxylic acids is 2. The molecule has 1 N–H and O–H groups in total. The molecule has 35 heavy (non-hydrogen) atoms. The molecule has 2 aromatic rings. The van der Waals surface area contributed by atoms with Gasteiger partial charge >= 0.3 is 0 Å². The molecule has 0 atom stereocenters. The molecule has 2 aromatic carbocycles. The van der Waals surface area contributed by atoms with E-state index in [1.807, 2.05) is 24.3 Å². The van der Waals surface area contributed by atoms with E-state index in [2.05, 4.69) is 5.32 Å². The molecular weight excluding hydrogens is 466 g/mol. The summed E-state index contributed by atoms with van der Waals surface area (Å²) in [4.78, 5) is 26.5. The average molecular weight is 500 g/mol.